The molecule has 0 amide bonds. The first-order valence-electron chi connectivity index (χ1n) is 8.05. The van der Waals surface area contributed by atoms with Crippen molar-refractivity contribution in [1.82, 2.24) is 0 Å². The Morgan fingerprint density at radius 1 is 0.800 bits per heavy atom. The van der Waals surface area contributed by atoms with Crippen molar-refractivity contribution in [2.24, 2.45) is 0 Å². The van der Waals surface area contributed by atoms with Gasteiger partial charge < -0.3 is 50.0 Å². The van der Waals surface area contributed by atoms with Crippen LogP contribution >= 0.6 is 11.8 Å². The van der Waals surface area contributed by atoms with Crippen LogP contribution in [0.15, 0.2) is 0 Å². The van der Waals surface area contributed by atoms with E-state index in [-0.39, 0.29) is 0 Å². The highest BCUT2D eigenvalue weighted by Gasteiger charge is 2.50. The van der Waals surface area contributed by atoms with Gasteiger partial charge in [0, 0.05) is 0 Å². The number of rotatable bonds is 6. The van der Waals surface area contributed by atoms with Gasteiger partial charge in [0.2, 0.25) is 0 Å². The van der Waals surface area contributed by atoms with Gasteiger partial charge in [-0.1, -0.05) is 6.92 Å². The first-order valence-corrected chi connectivity index (χ1v) is 9.10. The fourth-order valence-electron chi connectivity index (χ4n) is 2.86. The van der Waals surface area contributed by atoms with Crippen LogP contribution in [0.4, 0.5) is 0 Å². The van der Waals surface area contributed by atoms with E-state index in [0.29, 0.717) is 5.75 Å². The monoisotopic (exact) mass is 386 g/mol. The highest BCUT2D eigenvalue weighted by Crippen LogP contribution is 2.32. The van der Waals surface area contributed by atoms with Crippen LogP contribution in [0.3, 0.4) is 0 Å². The van der Waals surface area contributed by atoms with E-state index in [4.69, 9.17) is 14.2 Å². The van der Waals surface area contributed by atoms with Crippen molar-refractivity contribution in [2.75, 3.05) is 19.0 Å². The van der Waals surface area contributed by atoms with Crippen molar-refractivity contribution < 1.29 is 50.0 Å². The van der Waals surface area contributed by atoms with E-state index >= 15 is 0 Å². The van der Waals surface area contributed by atoms with Crippen LogP contribution in [0.1, 0.15) is 6.92 Å². The minimum absolute atomic E-state index is 0.521. The van der Waals surface area contributed by atoms with Gasteiger partial charge in [-0.3, -0.25) is 0 Å². The zero-order chi connectivity index (χ0) is 18.7. The molecule has 10 nitrogen and oxygen atoms in total. The molecule has 2 rings (SSSR count). The average Bonchev–Trinajstić information content (AvgIpc) is 2.61. The summed E-state index contributed by atoms with van der Waals surface area (Å²) in [5, 5.41) is 68.7. The van der Waals surface area contributed by atoms with Crippen molar-refractivity contribution in [3.63, 3.8) is 0 Å². The van der Waals surface area contributed by atoms with Crippen LogP contribution in [0.25, 0.3) is 0 Å². The van der Waals surface area contributed by atoms with Gasteiger partial charge in [-0.2, -0.15) is 0 Å². The third-order valence-corrected chi connectivity index (χ3v) is 5.34. The third-order valence-electron chi connectivity index (χ3n) is 4.29. The smallest absolute Gasteiger partial charge is 0.187 e. The fourth-order valence-corrected chi connectivity index (χ4v) is 3.77. The molecule has 0 bridgehead atoms. The maximum absolute atomic E-state index is 10.3. The first-order chi connectivity index (χ1) is 11.8. The molecule has 11 heteroatoms. The van der Waals surface area contributed by atoms with Gasteiger partial charge >= 0.3 is 0 Å². The Balaban J connectivity index is 2.11. The van der Waals surface area contributed by atoms with E-state index in [2.05, 4.69) is 0 Å². The SMILES string of the molecule is CCS[C@@H]1O[C@H](CO)C(OC2O[C@H](CO)C(O)[C@H](O)C2O)[C@H](O)[C@H]1O. The first kappa shape index (κ1) is 21.3. The topological polar surface area (TPSA) is 169 Å². The number of ether oxygens (including phenoxy) is 3. The summed E-state index contributed by atoms with van der Waals surface area (Å²) in [6.45, 7) is 0.695. The molecule has 0 saturated carbocycles. The molecule has 0 aliphatic carbocycles. The Kier molecular flexibility index (Phi) is 7.85. The predicted octanol–water partition coefficient (Wildman–Crippen LogP) is -3.64. The van der Waals surface area contributed by atoms with Crippen LogP contribution < -0.4 is 0 Å². The molecule has 7 N–H and O–H groups in total. The van der Waals surface area contributed by atoms with Crippen LogP contribution in [0, 0.1) is 0 Å². The molecule has 2 saturated heterocycles. The normalized spacial score (nSPS) is 48.5. The molecule has 0 aromatic heterocycles. The molecule has 2 fully saturated rings. The lowest BCUT2D eigenvalue weighted by Gasteiger charge is -2.46. The zero-order valence-corrected chi connectivity index (χ0v) is 14.5. The van der Waals surface area contributed by atoms with Crippen LogP contribution in [0.2, 0.25) is 0 Å². The Hall–Kier alpha value is -0.0500. The average molecular weight is 386 g/mol. The molecular weight excluding hydrogens is 360 g/mol. The van der Waals surface area contributed by atoms with Gasteiger partial charge in [0.25, 0.3) is 0 Å². The van der Waals surface area contributed by atoms with Gasteiger partial charge in [-0.15, -0.1) is 11.8 Å². The summed E-state index contributed by atoms with van der Waals surface area (Å²) in [5.74, 6) is 0.616. The minimum atomic E-state index is -1.66. The van der Waals surface area contributed by atoms with Gasteiger partial charge in [0.15, 0.2) is 6.29 Å². The number of aliphatic hydroxyl groups excluding tert-OH is 7. The highest BCUT2D eigenvalue weighted by molar-refractivity contribution is 7.99. The molecule has 2 aliphatic heterocycles. The van der Waals surface area contributed by atoms with Crippen molar-refractivity contribution in [2.45, 2.75) is 67.5 Å². The molecular formula is C14H26O10S. The molecule has 0 radical (unpaired) electrons. The van der Waals surface area contributed by atoms with Crippen molar-refractivity contribution in [3.8, 4) is 0 Å². The van der Waals surface area contributed by atoms with Crippen LogP contribution in [0.5, 0.6) is 0 Å². The van der Waals surface area contributed by atoms with Gasteiger partial charge in [0.05, 0.1) is 13.2 Å². The van der Waals surface area contributed by atoms with Crippen LogP contribution in [-0.4, -0.2) is 115 Å². The van der Waals surface area contributed by atoms with Crippen molar-refractivity contribution in [3.05, 3.63) is 0 Å². The summed E-state index contributed by atoms with van der Waals surface area (Å²) in [6, 6.07) is 0. The van der Waals surface area contributed by atoms with Gasteiger partial charge in [-0.05, 0) is 5.75 Å². The van der Waals surface area contributed by atoms with E-state index in [1.165, 1.54) is 11.8 Å². The molecule has 10 atom stereocenters. The predicted molar refractivity (Wildman–Crippen MR) is 84.5 cm³/mol. The Labute approximate surface area is 148 Å². The summed E-state index contributed by atoms with van der Waals surface area (Å²) in [5.41, 5.74) is -0.758. The molecule has 0 spiro atoms. The number of aliphatic hydroxyl groups is 7. The summed E-state index contributed by atoms with van der Waals surface area (Å²) >= 11 is 1.25. The maximum atomic E-state index is 10.3. The van der Waals surface area contributed by atoms with E-state index in [9.17, 15) is 35.7 Å². The number of thioether (sulfide) groups is 1. The third kappa shape index (κ3) is 4.45. The lowest BCUT2D eigenvalue weighted by atomic mass is 9.97. The molecule has 2 aliphatic rings. The van der Waals surface area contributed by atoms with E-state index in [0.717, 1.165) is 0 Å². The summed E-state index contributed by atoms with van der Waals surface area (Å²) in [7, 11) is 0. The largest absolute Gasteiger partial charge is 0.394 e. The molecule has 0 aromatic carbocycles. The van der Waals surface area contributed by atoms with Crippen molar-refractivity contribution in [1.29, 1.82) is 0 Å². The lowest BCUT2D eigenvalue weighted by Crippen LogP contribution is -2.64. The Morgan fingerprint density at radius 3 is 2.00 bits per heavy atom. The molecule has 25 heavy (non-hydrogen) atoms. The standard InChI is InChI=1S/C14H26O10S/c1-2-25-14-11(21)9(19)12(6(4-16)23-14)24-13-10(20)8(18)7(17)5(3-15)22-13/h5-21H,2-4H2,1H3/t5-,6-,7?,8+,9-,10?,11-,12?,13?,14+/m1/s1. The molecule has 4 unspecified atom stereocenters. The Bertz CT molecular complexity index is 411. The molecule has 148 valence electrons. The highest BCUT2D eigenvalue weighted by atomic mass is 32.2. The summed E-state index contributed by atoms with van der Waals surface area (Å²) in [6.07, 6.45) is -12.5. The van der Waals surface area contributed by atoms with Crippen LogP contribution in [-0.2, 0) is 14.2 Å². The molecule has 0 aromatic rings. The minimum Gasteiger partial charge on any atom is -0.394 e. The number of hydrogen-bond acceptors (Lipinski definition) is 11. The van der Waals surface area contributed by atoms with E-state index in [1.807, 2.05) is 6.92 Å². The number of hydrogen-bond donors (Lipinski definition) is 7. The zero-order valence-electron chi connectivity index (χ0n) is 13.7. The fraction of sp³-hybridized carbons (Fsp3) is 1.00. The summed E-state index contributed by atoms with van der Waals surface area (Å²) < 4.78 is 16.2. The second-order valence-electron chi connectivity index (χ2n) is 5.96. The lowest BCUT2D eigenvalue weighted by molar-refractivity contribution is -0.338. The van der Waals surface area contributed by atoms with Gasteiger partial charge in [-0.25, -0.2) is 0 Å². The van der Waals surface area contributed by atoms with E-state index < -0.39 is 73.8 Å². The Morgan fingerprint density at radius 2 is 1.44 bits per heavy atom. The molecule has 2 heterocycles. The second kappa shape index (κ2) is 9.24. The maximum Gasteiger partial charge on any atom is 0.187 e. The van der Waals surface area contributed by atoms with Gasteiger partial charge in [0.1, 0.15) is 54.3 Å². The van der Waals surface area contributed by atoms with E-state index in [1.54, 1.807) is 0 Å². The quantitative estimate of drug-likeness (QED) is 0.240. The second-order valence-corrected chi connectivity index (χ2v) is 7.34. The summed E-state index contributed by atoms with van der Waals surface area (Å²) in [4.78, 5) is 0. The van der Waals surface area contributed by atoms with Crippen molar-refractivity contribution >= 4 is 11.8 Å².